The van der Waals surface area contributed by atoms with Crippen molar-refractivity contribution in [3.63, 3.8) is 0 Å². The second-order valence-electron chi connectivity index (χ2n) is 4.76. The Kier molecular flexibility index (Phi) is 4.66. The van der Waals surface area contributed by atoms with E-state index in [-0.39, 0.29) is 0 Å². The number of pyridine rings is 1. The highest BCUT2D eigenvalue weighted by Gasteiger charge is 2.00. The summed E-state index contributed by atoms with van der Waals surface area (Å²) in [6, 6.07) is 5.80. The van der Waals surface area contributed by atoms with Gasteiger partial charge >= 0.3 is 0 Å². The Labute approximate surface area is 113 Å². The van der Waals surface area contributed by atoms with Gasteiger partial charge in [-0.25, -0.2) is 4.98 Å². The van der Waals surface area contributed by atoms with Crippen LogP contribution in [0.5, 0.6) is 0 Å². The lowest BCUT2D eigenvalue weighted by Crippen LogP contribution is -2.11. The monoisotopic (exact) mass is 257 g/mol. The second-order valence-corrected chi connectivity index (χ2v) is 4.76. The Morgan fingerprint density at radius 2 is 2.05 bits per heavy atom. The molecule has 0 bridgehead atoms. The molecule has 0 spiro atoms. The normalized spacial score (nSPS) is 10.5. The summed E-state index contributed by atoms with van der Waals surface area (Å²) in [6.45, 7) is 5.89. The van der Waals surface area contributed by atoms with Crippen molar-refractivity contribution < 1.29 is 0 Å². The molecule has 19 heavy (non-hydrogen) atoms. The Balaban J connectivity index is 1.91. The number of nitrogens with one attached hydrogen (secondary N) is 2. The van der Waals surface area contributed by atoms with Crippen LogP contribution in [0, 0.1) is 5.92 Å². The first-order valence-corrected chi connectivity index (χ1v) is 6.44. The third-order valence-electron chi connectivity index (χ3n) is 2.52. The first-order chi connectivity index (χ1) is 9.24. The number of hydrogen-bond acceptors (Lipinski definition) is 5. The summed E-state index contributed by atoms with van der Waals surface area (Å²) in [4.78, 5) is 12.7. The van der Waals surface area contributed by atoms with Crippen LogP contribution >= 0.6 is 0 Å². The van der Waals surface area contributed by atoms with Crippen molar-refractivity contribution in [2.24, 2.45) is 5.92 Å². The molecule has 0 radical (unpaired) electrons. The maximum absolute atomic E-state index is 4.41. The molecule has 0 saturated carbocycles. The molecule has 0 aromatic carbocycles. The number of hydrogen-bond donors (Lipinski definition) is 2. The molecule has 2 N–H and O–H groups in total. The van der Waals surface area contributed by atoms with E-state index in [1.165, 1.54) is 0 Å². The van der Waals surface area contributed by atoms with Gasteiger partial charge in [0.25, 0.3) is 0 Å². The van der Waals surface area contributed by atoms with Crippen LogP contribution < -0.4 is 10.6 Å². The van der Waals surface area contributed by atoms with E-state index in [0.29, 0.717) is 18.4 Å². The highest BCUT2D eigenvalue weighted by Crippen LogP contribution is 2.08. The van der Waals surface area contributed by atoms with E-state index in [4.69, 9.17) is 0 Å². The zero-order valence-corrected chi connectivity index (χ0v) is 11.3. The maximum atomic E-state index is 4.41. The van der Waals surface area contributed by atoms with E-state index in [0.717, 1.165) is 17.9 Å². The van der Waals surface area contributed by atoms with Crippen LogP contribution in [0.1, 0.15) is 19.4 Å². The Hall–Kier alpha value is -2.17. The second kappa shape index (κ2) is 6.68. The van der Waals surface area contributed by atoms with Gasteiger partial charge in [-0.1, -0.05) is 19.9 Å². The molecular formula is C14H19N5. The molecule has 2 aromatic heterocycles. The molecule has 5 heteroatoms. The third kappa shape index (κ3) is 4.54. The average Bonchev–Trinajstić information content (AvgIpc) is 2.44. The van der Waals surface area contributed by atoms with Gasteiger partial charge in [-0.3, -0.25) is 4.98 Å². The molecule has 5 nitrogen and oxygen atoms in total. The highest BCUT2D eigenvalue weighted by atomic mass is 15.1. The molecule has 0 fully saturated rings. The fourth-order valence-corrected chi connectivity index (χ4v) is 1.53. The van der Waals surface area contributed by atoms with Gasteiger partial charge in [0, 0.05) is 31.7 Å². The van der Waals surface area contributed by atoms with Gasteiger partial charge in [0.2, 0.25) is 5.95 Å². The van der Waals surface area contributed by atoms with Gasteiger partial charge in [-0.05, 0) is 23.6 Å². The number of aromatic nitrogens is 3. The molecule has 2 aromatic rings. The van der Waals surface area contributed by atoms with Crippen molar-refractivity contribution in [3.8, 4) is 0 Å². The number of anilines is 2. The lowest BCUT2D eigenvalue weighted by molar-refractivity contribution is 0.687. The molecule has 0 atom stereocenters. The standard InChI is InChI=1S/C14H19N5/c1-11(2)8-17-13-5-7-16-14(19-13)18-10-12-4-3-6-15-9-12/h3-7,9,11H,8,10H2,1-2H3,(H2,16,17,18,19). The van der Waals surface area contributed by atoms with Crippen LogP contribution in [-0.4, -0.2) is 21.5 Å². The molecule has 2 rings (SSSR count). The van der Waals surface area contributed by atoms with Crippen molar-refractivity contribution in [1.29, 1.82) is 0 Å². The summed E-state index contributed by atoms with van der Waals surface area (Å²) in [7, 11) is 0. The van der Waals surface area contributed by atoms with E-state index in [9.17, 15) is 0 Å². The molecule has 0 aliphatic heterocycles. The van der Waals surface area contributed by atoms with E-state index >= 15 is 0 Å². The summed E-state index contributed by atoms with van der Waals surface area (Å²) < 4.78 is 0. The van der Waals surface area contributed by atoms with E-state index < -0.39 is 0 Å². The van der Waals surface area contributed by atoms with Crippen LogP contribution in [0.15, 0.2) is 36.8 Å². The predicted molar refractivity (Wildman–Crippen MR) is 76.9 cm³/mol. The van der Waals surface area contributed by atoms with Crippen molar-refractivity contribution in [2.45, 2.75) is 20.4 Å². The third-order valence-corrected chi connectivity index (χ3v) is 2.52. The molecule has 0 saturated heterocycles. The average molecular weight is 257 g/mol. The quantitative estimate of drug-likeness (QED) is 0.832. The fraction of sp³-hybridized carbons (Fsp3) is 0.357. The minimum absolute atomic E-state index is 0.585. The van der Waals surface area contributed by atoms with Crippen molar-refractivity contribution in [1.82, 2.24) is 15.0 Å². The number of rotatable bonds is 6. The first kappa shape index (κ1) is 13.3. The van der Waals surface area contributed by atoms with Crippen LogP contribution in [0.3, 0.4) is 0 Å². The molecular weight excluding hydrogens is 238 g/mol. The topological polar surface area (TPSA) is 62.7 Å². The minimum atomic E-state index is 0.585. The van der Waals surface area contributed by atoms with E-state index in [1.54, 1.807) is 12.4 Å². The lowest BCUT2D eigenvalue weighted by Gasteiger charge is -2.09. The van der Waals surface area contributed by atoms with Gasteiger partial charge in [0.15, 0.2) is 0 Å². The molecule has 0 unspecified atom stereocenters. The highest BCUT2D eigenvalue weighted by molar-refractivity contribution is 5.39. The largest absolute Gasteiger partial charge is 0.370 e. The van der Waals surface area contributed by atoms with Crippen LogP contribution in [0.25, 0.3) is 0 Å². The Bertz CT molecular complexity index is 498. The molecule has 100 valence electrons. The van der Waals surface area contributed by atoms with Crippen LogP contribution in [0.2, 0.25) is 0 Å². The van der Waals surface area contributed by atoms with Crippen molar-refractivity contribution >= 4 is 11.8 Å². The summed E-state index contributed by atoms with van der Waals surface area (Å²) in [5, 5.41) is 6.47. The molecule has 0 aliphatic carbocycles. The minimum Gasteiger partial charge on any atom is -0.370 e. The summed E-state index contributed by atoms with van der Waals surface area (Å²) >= 11 is 0. The summed E-state index contributed by atoms with van der Waals surface area (Å²) in [5.74, 6) is 2.05. The summed E-state index contributed by atoms with van der Waals surface area (Å²) in [5.41, 5.74) is 1.10. The van der Waals surface area contributed by atoms with E-state index in [1.807, 2.05) is 24.4 Å². The molecule has 0 aliphatic rings. The fourth-order valence-electron chi connectivity index (χ4n) is 1.53. The van der Waals surface area contributed by atoms with Gasteiger partial charge in [0.1, 0.15) is 5.82 Å². The van der Waals surface area contributed by atoms with Crippen LogP contribution in [0.4, 0.5) is 11.8 Å². The van der Waals surface area contributed by atoms with Crippen molar-refractivity contribution in [3.05, 3.63) is 42.4 Å². The Morgan fingerprint density at radius 3 is 2.79 bits per heavy atom. The van der Waals surface area contributed by atoms with Gasteiger partial charge in [-0.15, -0.1) is 0 Å². The molecule has 0 amide bonds. The first-order valence-electron chi connectivity index (χ1n) is 6.44. The maximum Gasteiger partial charge on any atom is 0.224 e. The van der Waals surface area contributed by atoms with E-state index in [2.05, 4.69) is 39.4 Å². The van der Waals surface area contributed by atoms with Gasteiger partial charge in [-0.2, -0.15) is 4.98 Å². The zero-order chi connectivity index (χ0) is 13.5. The van der Waals surface area contributed by atoms with Gasteiger partial charge < -0.3 is 10.6 Å². The predicted octanol–water partition coefficient (Wildman–Crippen LogP) is 2.55. The SMILES string of the molecule is CC(C)CNc1ccnc(NCc2cccnc2)n1. The Morgan fingerprint density at radius 1 is 1.16 bits per heavy atom. The lowest BCUT2D eigenvalue weighted by atomic mass is 10.2. The smallest absolute Gasteiger partial charge is 0.224 e. The molecule has 2 heterocycles. The zero-order valence-electron chi connectivity index (χ0n) is 11.3. The van der Waals surface area contributed by atoms with Gasteiger partial charge in [0.05, 0.1) is 0 Å². The number of nitrogens with zero attached hydrogens (tertiary/aromatic N) is 3. The van der Waals surface area contributed by atoms with Crippen molar-refractivity contribution in [2.75, 3.05) is 17.2 Å². The summed E-state index contributed by atoms with van der Waals surface area (Å²) in [6.07, 6.45) is 5.34. The van der Waals surface area contributed by atoms with Crippen LogP contribution in [-0.2, 0) is 6.54 Å².